The van der Waals surface area contributed by atoms with E-state index in [9.17, 15) is 4.79 Å². The van der Waals surface area contributed by atoms with Gasteiger partial charge in [-0.05, 0) is 32.0 Å². The molecule has 1 aliphatic heterocycles. The molecule has 0 aliphatic carbocycles. The fourth-order valence-electron chi connectivity index (χ4n) is 3.16. The average Bonchev–Trinajstić information content (AvgIpc) is 3.22. The highest BCUT2D eigenvalue weighted by atomic mass is 35.5. The van der Waals surface area contributed by atoms with Gasteiger partial charge in [-0.25, -0.2) is 0 Å². The minimum atomic E-state index is 0. The van der Waals surface area contributed by atoms with Crippen molar-refractivity contribution in [2.75, 3.05) is 26.2 Å². The minimum Gasteiger partial charge on any atom is -0.361 e. The van der Waals surface area contributed by atoms with E-state index in [1.54, 1.807) is 0 Å². The van der Waals surface area contributed by atoms with Crippen LogP contribution in [0.3, 0.4) is 0 Å². The van der Waals surface area contributed by atoms with Crippen molar-refractivity contribution in [2.45, 2.75) is 20.4 Å². The van der Waals surface area contributed by atoms with E-state index in [4.69, 9.17) is 4.52 Å². The number of nitrogens with zero attached hydrogens (tertiary/aromatic N) is 5. The van der Waals surface area contributed by atoms with Gasteiger partial charge in [-0.1, -0.05) is 5.16 Å². The van der Waals surface area contributed by atoms with Gasteiger partial charge >= 0.3 is 0 Å². The molecule has 3 aromatic rings. The highest BCUT2D eigenvalue weighted by molar-refractivity contribution is 7.00. The number of aromatic nitrogens is 3. The number of fused-ring (bicyclic) bond motifs is 1. The van der Waals surface area contributed by atoms with Gasteiger partial charge in [-0.3, -0.25) is 9.69 Å². The largest absolute Gasteiger partial charge is 0.361 e. The molecule has 0 radical (unpaired) electrons. The van der Waals surface area contributed by atoms with Crippen LogP contribution in [0.4, 0.5) is 0 Å². The molecule has 1 aromatic carbocycles. The van der Waals surface area contributed by atoms with E-state index in [1.165, 1.54) is 11.7 Å². The molecule has 1 saturated heterocycles. The Labute approximate surface area is 161 Å². The van der Waals surface area contributed by atoms with Gasteiger partial charge in [0, 0.05) is 43.9 Å². The summed E-state index contributed by atoms with van der Waals surface area (Å²) >= 11 is 1.17. The van der Waals surface area contributed by atoms with E-state index in [0.29, 0.717) is 5.56 Å². The summed E-state index contributed by atoms with van der Waals surface area (Å²) in [6, 6.07) is 5.53. The number of halogens is 1. The number of piperazine rings is 1. The Morgan fingerprint density at radius 3 is 2.58 bits per heavy atom. The van der Waals surface area contributed by atoms with Gasteiger partial charge < -0.3 is 9.42 Å². The summed E-state index contributed by atoms with van der Waals surface area (Å²) in [5.74, 6) is 0.938. The van der Waals surface area contributed by atoms with Crippen LogP contribution in [0.1, 0.15) is 27.4 Å². The van der Waals surface area contributed by atoms with E-state index >= 15 is 0 Å². The van der Waals surface area contributed by atoms with Crippen LogP contribution in [0.5, 0.6) is 0 Å². The minimum absolute atomic E-state index is 0. The molecule has 0 saturated carbocycles. The third-order valence-corrected chi connectivity index (χ3v) is 5.28. The van der Waals surface area contributed by atoms with Crippen LogP contribution < -0.4 is 0 Å². The number of rotatable bonds is 3. The highest BCUT2D eigenvalue weighted by Crippen LogP contribution is 2.18. The molecule has 1 aliphatic rings. The fourth-order valence-corrected chi connectivity index (χ4v) is 3.68. The molecule has 3 heterocycles. The lowest BCUT2D eigenvalue weighted by atomic mass is 10.1. The molecule has 7 nitrogen and oxygen atoms in total. The van der Waals surface area contributed by atoms with Crippen LogP contribution in [-0.4, -0.2) is 55.8 Å². The molecule has 0 atom stereocenters. The van der Waals surface area contributed by atoms with Crippen LogP contribution in [0.15, 0.2) is 22.7 Å². The molecular weight excluding hydrogens is 374 g/mol. The predicted molar refractivity (Wildman–Crippen MR) is 102 cm³/mol. The molecule has 0 unspecified atom stereocenters. The zero-order valence-corrected chi connectivity index (χ0v) is 16.3. The van der Waals surface area contributed by atoms with Crippen molar-refractivity contribution < 1.29 is 9.32 Å². The first kappa shape index (κ1) is 18.8. The first-order chi connectivity index (χ1) is 12.1. The Morgan fingerprint density at radius 2 is 1.88 bits per heavy atom. The predicted octanol–water partition coefficient (Wildman–Crippen LogP) is 2.68. The second kappa shape index (κ2) is 7.69. The monoisotopic (exact) mass is 393 g/mol. The second-order valence-electron chi connectivity index (χ2n) is 6.34. The van der Waals surface area contributed by atoms with Gasteiger partial charge in [0.05, 0.1) is 17.4 Å². The van der Waals surface area contributed by atoms with Crippen LogP contribution in [0.2, 0.25) is 0 Å². The van der Waals surface area contributed by atoms with Gasteiger partial charge in [0.1, 0.15) is 16.8 Å². The van der Waals surface area contributed by atoms with E-state index in [0.717, 1.165) is 60.8 Å². The maximum absolute atomic E-state index is 12.7. The van der Waals surface area contributed by atoms with E-state index < -0.39 is 0 Å². The van der Waals surface area contributed by atoms with Crippen molar-refractivity contribution in [1.82, 2.24) is 23.7 Å². The van der Waals surface area contributed by atoms with Crippen LogP contribution in [-0.2, 0) is 6.54 Å². The van der Waals surface area contributed by atoms with Gasteiger partial charge in [-0.2, -0.15) is 8.75 Å². The molecule has 0 spiro atoms. The quantitative estimate of drug-likeness (QED) is 0.681. The van der Waals surface area contributed by atoms with E-state index in [1.807, 2.05) is 36.9 Å². The van der Waals surface area contributed by atoms with Crippen molar-refractivity contribution in [2.24, 2.45) is 0 Å². The topological polar surface area (TPSA) is 75.4 Å². The van der Waals surface area contributed by atoms with Gasteiger partial charge in [0.2, 0.25) is 0 Å². The van der Waals surface area contributed by atoms with Crippen LogP contribution >= 0.6 is 24.1 Å². The van der Waals surface area contributed by atoms with Gasteiger partial charge in [0.25, 0.3) is 5.91 Å². The Morgan fingerprint density at radius 1 is 1.15 bits per heavy atom. The van der Waals surface area contributed by atoms with Crippen molar-refractivity contribution in [1.29, 1.82) is 0 Å². The Balaban J connectivity index is 0.00000196. The summed E-state index contributed by atoms with van der Waals surface area (Å²) in [7, 11) is 0. The van der Waals surface area contributed by atoms with Crippen molar-refractivity contribution in [3.63, 3.8) is 0 Å². The van der Waals surface area contributed by atoms with Crippen molar-refractivity contribution >= 4 is 41.1 Å². The maximum atomic E-state index is 12.7. The molecule has 4 rings (SSSR count). The number of hydrogen-bond donors (Lipinski definition) is 0. The lowest BCUT2D eigenvalue weighted by Gasteiger charge is -2.34. The van der Waals surface area contributed by atoms with Gasteiger partial charge in [0.15, 0.2) is 0 Å². The molecule has 1 amide bonds. The molecule has 0 N–H and O–H groups in total. The highest BCUT2D eigenvalue weighted by Gasteiger charge is 2.24. The first-order valence-corrected chi connectivity index (χ1v) is 9.00. The number of amides is 1. The first-order valence-electron chi connectivity index (χ1n) is 8.27. The summed E-state index contributed by atoms with van der Waals surface area (Å²) in [6.45, 7) is 7.85. The second-order valence-corrected chi connectivity index (χ2v) is 6.87. The smallest absolute Gasteiger partial charge is 0.254 e. The Kier molecular flexibility index (Phi) is 5.55. The molecule has 26 heavy (non-hydrogen) atoms. The lowest BCUT2D eigenvalue weighted by Crippen LogP contribution is -2.48. The number of hydrogen-bond acceptors (Lipinski definition) is 7. The normalized spacial score (nSPS) is 15.2. The number of benzene rings is 1. The summed E-state index contributed by atoms with van der Waals surface area (Å²) < 4.78 is 13.6. The van der Waals surface area contributed by atoms with Crippen molar-refractivity contribution in [3.8, 4) is 0 Å². The molecule has 0 bridgehead atoms. The van der Waals surface area contributed by atoms with E-state index in [-0.39, 0.29) is 18.3 Å². The molecule has 1 fully saturated rings. The summed E-state index contributed by atoms with van der Waals surface area (Å²) in [4.78, 5) is 17.0. The molecular formula is C17H20ClN5O2S. The summed E-state index contributed by atoms with van der Waals surface area (Å²) in [5.41, 5.74) is 4.40. The molecule has 9 heteroatoms. The number of aryl methyl sites for hydroxylation is 2. The average molecular weight is 394 g/mol. The third kappa shape index (κ3) is 3.58. The van der Waals surface area contributed by atoms with E-state index in [2.05, 4.69) is 18.8 Å². The summed E-state index contributed by atoms with van der Waals surface area (Å²) in [6.07, 6.45) is 0. The molecule has 2 aromatic heterocycles. The van der Waals surface area contributed by atoms with Crippen LogP contribution in [0, 0.1) is 13.8 Å². The zero-order chi connectivity index (χ0) is 17.4. The third-order valence-electron chi connectivity index (χ3n) is 4.72. The zero-order valence-electron chi connectivity index (χ0n) is 14.6. The Hall–Kier alpha value is -2.03. The van der Waals surface area contributed by atoms with Crippen molar-refractivity contribution in [3.05, 3.63) is 40.8 Å². The standard InChI is InChI=1S/C17H19N5O2S.ClH/c1-11-14(12(2)24-18-11)10-21-5-7-22(8-6-21)17(23)13-3-4-15-16(9-13)20-25-19-15;/h3-4,9H,5-8,10H2,1-2H3;1H. The number of carbonyl (C=O) groups excluding carboxylic acids is 1. The fraction of sp³-hybridized carbons (Fsp3) is 0.412. The van der Waals surface area contributed by atoms with Crippen LogP contribution in [0.25, 0.3) is 11.0 Å². The SMILES string of the molecule is Cc1noc(C)c1CN1CCN(C(=O)c2ccc3nsnc3c2)CC1.Cl. The Bertz CT molecular complexity index is 897. The maximum Gasteiger partial charge on any atom is 0.254 e. The summed E-state index contributed by atoms with van der Waals surface area (Å²) in [5, 5.41) is 4.01. The molecule has 138 valence electrons. The number of carbonyl (C=O) groups is 1. The lowest BCUT2D eigenvalue weighted by molar-refractivity contribution is 0.0627. The van der Waals surface area contributed by atoms with Gasteiger partial charge in [-0.15, -0.1) is 12.4 Å².